The van der Waals surface area contributed by atoms with Crippen molar-refractivity contribution in [2.45, 2.75) is 11.8 Å². The summed E-state index contributed by atoms with van der Waals surface area (Å²) in [6.07, 6.45) is 1.53. The van der Waals surface area contributed by atoms with Crippen LogP contribution in [0.5, 0.6) is 0 Å². The van der Waals surface area contributed by atoms with Crippen LogP contribution in [0.15, 0.2) is 41.4 Å². The molecule has 0 aliphatic heterocycles. The predicted octanol–water partition coefficient (Wildman–Crippen LogP) is 2.45. The zero-order chi connectivity index (χ0) is 14.9. The highest BCUT2D eigenvalue weighted by Gasteiger charge is 2.25. The number of halogens is 1. The third-order valence-corrected chi connectivity index (χ3v) is 5.08. The Bertz CT molecular complexity index is 733. The molecule has 106 valence electrons. The fourth-order valence-electron chi connectivity index (χ4n) is 1.75. The zero-order valence-electron chi connectivity index (χ0n) is 11.0. The molecule has 20 heavy (non-hydrogen) atoms. The summed E-state index contributed by atoms with van der Waals surface area (Å²) in [6.45, 7) is 1.64. The number of nitrogens with zero attached hydrogens (tertiary/aromatic N) is 2. The second-order valence-corrected chi connectivity index (χ2v) is 6.65. The van der Waals surface area contributed by atoms with Crippen molar-refractivity contribution >= 4 is 33.1 Å². The Morgan fingerprint density at radius 2 is 2.00 bits per heavy atom. The van der Waals surface area contributed by atoms with Crippen LogP contribution in [-0.2, 0) is 10.0 Å². The van der Waals surface area contributed by atoms with E-state index in [4.69, 9.17) is 17.3 Å². The van der Waals surface area contributed by atoms with Gasteiger partial charge in [0.15, 0.2) is 0 Å². The maximum Gasteiger partial charge on any atom is 0.265 e. The van der Waals surface area contributed by atoms with Gasteiger partial charge >= 0.3 is 0 Å². The smallest absolute Gasteiger partial charge is 0.265 e. The highest BCUT2D eigenvalue weighted by atomic mass is 35.5. The first kappa shape index (κ1) is 14.6. The summed E-state index contributed by atoms with van der Waals surface area (Å²) in [7, 11) is -2.32. The van der Waals surface area contributed by atoms with E-state index in [0.717, 1.165) is 4.31 Å². The van der Waals surface area contributed by atoms with Gasteiger partial charge in [-0.25, -0.2) is 13.4 Å². The third-order valence-electron chi connectivity index (χ3n) is 2.98. The molecule has 0 radical (unpaired) electrons. The van der Waals surface area contributed by atoms with Gasteiger partial charge in [0.2, 0.25) is 0 Å². The van der Waals surface area contributed by atoms with E-state index in [1.807, 2.05) is 0 Å². The number of benzene rings is 1. The molecule has 0 amide bonds. The van der Waals surface area contributed by atoms with Crippen molar-refractivity contribution in [3.05, 3.63) is 47.1 Å². The number of aromatic nitrogens is 1. The standard InChI is InChI=1S/C13H14ClN3O2S/c1-9-11(15)7-10(14)8-12(9)20(18,19)17(2)13-5-3-4-6-16-13/h3-8H,15H2,1-2H3. The lowest BCUT2D eigenvalue weighted by Gasteiger charge is -2.20. The minimum absolute atomic E-state index is 0.0793. The Labute approximate surface area is 123 Å². The van der Waals surface area contributed by atoms with E-state index in [1.165, 1.54) is 25.4 Å². The average Bonchev–Trinajstić information content (AvgIpc) is 2.42. The molecule has 7 heteroatoms. The van der Waals surface area contributed by atoms with Gasteiger partial charge in [-0.05, 0) is 36.8 Å². The number of hydrogen-bond acceptors (Lipinski definition) is 4. The first-order valence-electron chi connectivity index (χ1n) is 5.79. The van der Waals surface area contributed by atoms with Crippen LogP contribution in [0, 0.1) is 6.92 Å². The molecule has 1 aromatic heterocycles. The molecule has 2 rings (SSSR count). The number of rotatable bonds is 3. The molecule has 0 saturated carbocycles. The van der Waals surface area contributed by atoms with Crippen molar-refractivity contribution in [2.24, 2.45) is 0 Å². The molecule has 2 aromatic rings. The summed E-state index contributed by atoms with van der Waals surface area (Å²) >= 11 is 5.90. The van der Waals surface area contributed by atoms with Crippen molar-refractivity contribution in [1.82, 2.24) is 4.98 Å². The fraction of sp³-hybridized carbons (Fsp3) is 0.154. The van der Waals surface area contributed by atoms with Gasteiger partial charge in [-0.1, -0.05) is 17.7 Å². The van der Waals surface area contributed by atoms with E-state index in [0.29, 0.717) is 17.1 Å². The van der Waals surface area contributed by atoms with Gasteiger partial charge in [0.25, 0.3) is 10.0 Å². The SMILES string of the molecule is Cc1c(N)cc(Cl)cc1S(=O)(=O)N(C)c1ccccn1. The summed E-state index contributed by atoms with van der Waals surface area (Å²) < 4.78 is 26.4. The number of sulfonamides is 1. The predicted molar refractivity (Wildman–Crippen MR) is 80.4 cm³/mol. The zero-order valence-corrected chi connectivity index (χ0v) is 12.6. The summed E-state index contributed by atoms with van der Waals surface area (Å²) in [5.74, 6) is 0.324. The van der Waals surface area contributed by atoms with E-state index in [9.17, 15) is 8.42 Å². The number of anilines is 2. The third kappa shape index (κ3) is 2.57. The Hall–Kier alpha value is -1.79. The maximum atomic E-state index is 12.6. The molecular weight excluding hydrogens is 298 g/mol. The van der Waals surface area contributed by atoms with Gasteiger partial charge in [-0.15, -0.1) is 0 Å². The largest absolute Gasteiger partial charge is 0.398 e. The van der Waals surface area contributed by atoms with Crippen LogP contribution >= 0.6 is 11.6 Å². The topological polar surface area (TPSA) is 76.3 Å². The van der Waals surface area contributed by atoms with Crippen LogP contribution < -0.4 is 10.0 Å². The van der Waals surface area contributed by atoms with Crippen molar-refractivity contribution < 1.29 is 8.42 Å². The Morgan fingerprint density at radius 3 is 2.60 bits per heavy atom. The van der Waals surface area contributed by atoms with E-state index >= 15 is 0 Å². The van der Waals surface area contributed by atoms with Crippen molar-refractivity contribution in [3.63, 3.8) is 0 Å². The molecule has 0 spiro atoms. The molecule has 0 unspecified atom stereocenters. The van der Waals surface area contributed by atoms with Crippen molar-refractivity contribution in [2.75, 3.05) is 17.1 Å². The second-order valence-electron chi connectivity index (χ2n) is 4.28. The first-order chi connectivity index (χ1) is 9.34. The van der Waals surface area contributed by atoms with E-state index in [-0.39, 0.29) is 9.92 Å². The molecule has 0 aliphatic carbocycles. The van der Waals surface area contributed by atoms with E-state index in [2.05, 4.69) is 4.98 Å². The van der Waals surface area contributed by atoms with E-state index < -0.39 is 10.0 Å². The van der Waals surface area contributed by atoms with Crippen LogP contribution in [0.2, 0.25) is 5.02 Å². The summed E-state index contributed by atoms with van der Waals surface area (Å²) in [6, 6.07) is 7.96. The monoisotopic (exact) mass is 311 g/mol. The Kier molecular flexibility index (Phi) is 3.87. The lowest BCUT2D eigenvalue weighted by Crippen LogP contribution is -2.28. The molecule has 5 nitrogen and oxygen atoms in total. The second kappa shape index (κ2) is 5.30. The highest BCUT2D eigenvalue weighted by Crippen LogP contribution is 2.29. The molecule has 0 fully saturated rings. The highest BCUT2D eigenvalue weighted by molar-refractivity contribution is 7.92. The quantitative estimate of drug-likeness (QED) is 0.883. The van der Waals surface area contributed by atoms with Crippen LogP contribution in [0.25, 0.3) is 0 Å². The van der Waals surface area contributed by atoms with Gasteiger partial charge in [-0.3, -0.25) is 4.31 Å². The first-order valence-corrected chi connectivity index (χ1v) is 7.61. The van der Waals surface area contributed by atoms with Crippen LogP contribution in [-0.4, -0.2) is 20.4 Å². The van der Waals surface area contributed by atoms with Gasteiger partial charge in [0.1, 0.15) is 5.82 Å². The van der Waals surface area contributed by atoms with Crippen molar-refractivity contribution in [3.8, 4) is 0 Å². The van der Waals surface area contributed by atoms with E-state index in [1.54, 1.807) is 25.1 Å². The van der Waals surface area contributed by atoms with Crippen LogP contribution in [0.3, 0.4) is 0 Å². The van der Waals surface area contributed by atoms with Crippen LogP contribution in [0.1, 0.15) is 5.56 Å². The molecule has 0 bridgehead atoms. The maximum absolute atomic E-state index is 12.6. The van der Waals surface area contributed by atoms with Gasteiger partial charge in [0, 0.05) is 24.0 Å². The number of pyridine rings is 1. The average molecular weight is 312 g/mol. The minimum atomic E-state index is -3.76. The molecular formula is C13H14ClN3O2S. The number of hydrogen-bond donors (Lipinski definition) is 1. The number of nitrogens with two attached hydrogens (primary N) is 1. The fourth-order valence-corrected chi connectivity index (χ4v) is 3.47. The molecule has 1 heterocycles. The minimum Gasteiger partial charge on any atom is -0.398 e. The summed E-state index contributed by atoms with van der Waals surface area (Å²) in [5, 5.41) is 0.279. The Balaban J connectivity index is 2.57. The van der Waals surface area contributed by atoms with Crippen LogP contribution in [0.4, 0.5) is 11.5 Å². The summed E-state index contributed by atoms with van der Waals surface area (Å²) in [5.41, 5.74) is 6.58. The lowest BCUT2D eigenvalue weighted by atomic mass is 10.2. The number of nitrogen functional groups attached to an aromatic ring is 1. The molecule has 0 aliphatic rings. The molecule has 0 saturated heterocycles. The van der Waals surface area contributed by atoms with Gasteiger partial charge in [-0.2, -0.15) is 0 Å². The molecule has 2 N–H and O–H groups in total. The summed E-state index contributed by atoms with van der Waals surface area (Å²) in [4.78, 5) is 4.11. The Morgan fingerprint density at radius 1 is 1.30 bits per heavy atom. The molecule has 1 aromatic carbocycles. The van der Waals surface area contributed by atoms with Gasteiger partial charge in [0.05, 0.1) is 4.90 Å². The lowest BCUT2D eigenvalue weighted by molar-refractivity contribution is 0.593. The van der Waals surface area contributed by atoms with Crippen molar-refractivity contribution in [1.29, 1.82) is 0 Å². The van der Waals surface area contributed by atoms with Gasteiger partial charge < -0.3 is 5.73 Å². The normalized spacial score (nSPS) is 11.3. The molecule has 0 atom stereocenters.